The number of hydrogen-bond acceptors (Lipinski definition) is 2. The van der Waals surface area contributed by atoms with Crippen molar-refractivity contribution in [1.82, 2.24) is 0 Å². The van der Waals surface area contributed by atoms with E-state index >= 15 is 0 Å². The SMILES string of the molecule is CC(=O)c1cc(F)c(C)cc1OCC1CC=CCC1C. The van der Waals surface area contributed by atoms with E-state index in [1.165, 1.54) is 13.0 Å². The van der Waals surface area contributed by atoms with Crippen LogP contribution in [0.25, 0.3) is 0 Å². The Morgan fingerprint density at radius 1 is 1.35 bits per heavy atom. The van der Waals surface area contributed by atoms with E-state index in [1.807, 2.05) is 0 Å². The van der Waals surface area contributed by atoms with Gasteiger partial charge in [0.25, 0.3) is 0 Å². The Hall–Kier alpha value is -1.64. The maximum absolute atomic E-state index is 13.6. The van der Waals surface area contributed by atoms with Crippen LogP contribution in [0.2, 0.25) is 0 Å². The van der Waals surface area contributed by atoms with E-state index < -0.39 is 0 Å². The predicted octanol–water partition coefficient (Wildman–Crippen LogP) is 4.32. The third-order valence-corrected chi connectivity index (χ3v) is 4.01. The van der Waals surface area contributed by atoms with E-state index in [-0.39, 0.29) is 11.6 Å². The molecule has 1 aliphatic carbocycles. The van der Waals surface area contributed by atoms with Crippen molar-refractivity contribution in [3.05, 3.63) is 41.2 Å². The smallest absolute Gasteiger partial charge is 0.163 e. The topological polar surface area (TPSA) is 26.3 Å². The number of aryl methyl sites for hydroxylation is 1. The van der Waals surface area contributed by atoms with Crippen molar-refractivity contribution in [3.8, 4) is 5.75 Å². The van der Waals surface area contributed by atoms with Crippen molar-refractivity contribution in [2.24, 2.45) is 11.8 Å². The lowest BCUT2D eigenvalue weighted by Crippen LogP contribution is -2.21. The average Bonchev–Trinajstić information content (AvgIpc) is 2.41. The van der Waals surface area contributed by atoms with Gasteiger partial charge in [-0.2, -0.15) is 0 Å². The Labute approximate surface area is 119 Å². The number of halogens is 1. The summed E-state index contributed by atoms with van der Waals surface area (Å²) >= 11 is 0. The minimum absolute atomic E-state index is 0.171. The van der Waals surface area contributed by atoms with E-state index in [0.29, 0.717) is 35.3 Å². The number of benzene rings is 1. The molecule has 1 aromatic carbocycles. The number of carbonyl (C=O) groups is 1. The Morgan fingerprint density at radius 3 is 2.70 bits per heavy atom. The molecule has 108 valence electrons. The molecule has 0 amide bonds. The van der Waals surface area contributed by atoms with Crippen LogP contribution >= 0.6 is 0 Å². The van der Waals surface area contributed by atoms with Gasteiger partial charge < -0.3 is 4.74 Å². The first kappa shape index (κ1) is 14.8. The maximum Gasteiger partial charge on any atom is 0.163 e. The van der Waals surface area contributed by atoms with Gasteiger partial charge in [0.2, 0.25) is 0 Å². The van der Waals surface area contributed by atoms with Crippen LogP contribution in [0.4, 0.5) is 4.39 Å². The fraction of sp³-hybridized carbons (Fsp3) is 0.471. The fourth-order valence-electron chi connectivity index (χ4n) is 2.49. The lowest BCUT2D eigenvalue weighted by atomic mass is 9.85. The molecule has 0 spiro atoms. The molecule has 2 rings (SSSR count). The van der Waals surface area contributed by atoms with E-state index in [1.54, 1.807) is 13.0 Å². The van der Waals surface area contributed by atoms with Gasteiger partial charge in [-0.05, 0) is 56.2 Å². The van der Waals surface area contributed by atoms with Crippen molar-refractivity contribution in [3.63, 3.8) is 0 Å². The molecule has 1 aromatic rings. The van der Waals surface area contributed by atoms with Crippen LogP contribution in [0.15, 0.2) is 24.3 Å². The summed E-state index contributed by atoms with van der Waals surface area (Å²) in [4.78, 5) is 11.6. The van der Waals surface area contributed by atoms with E-state index in [2.05, 4.69) is 19.1 Å². The van der Waals surface area contributed by atoms with Gasteiger partial charge in [0.1, 0.15) is 11.6 Å². The van der Waals surface area contributed by atoms with Gasteiger partial charge >= 0.3 is 0 Å². The first-order valence-electron chi connectivity index (χ1n) is 7.08. The highest BCUT2D eigenvalue weighted by molar-refractivity contribution is 5.96. The van der Waals surface area contributed by atoms with Crippen molar-refractivity contribution < 1.29 is 13.9 Å². The molecule has 0 aromatic heterocycles. The average molecular weight is 276 g/mol. The quantitative estimate of drug-likeness (QED) is 0.605. The minimum atomic E-state index is -0.364. The number of ether oxygens (including phenoxy) is 1. The first-order chi connectivity index (χ1) is 9.49. The van der Waals surface area contributed by atoms with Crippen molar-refractivity contribution in [2.75, 3.05) is 6.61 Å². The van der Waals surface area contributed by atoms with Crippen molar-refractivity contribution in [1.29, 1.82) is 0 Å². The molecule has 2 nitrogen and oxygen atoms in total. The molecule has 1 aliphatic rings. The summed E-state index contributed by atoms with van der Waals surface area (Å²) in [6, 6.07) is 2.90. The van der Waals surface area contributed by atoms with Gasteiger partial charge in [0, 0.05) is 0 Å². The number of rotatable bonds is 4. The number of allylic oxidation sites excluding steroid dienone is 2. The molecule has 2 atom stereocenters. The minimum Gasteiger partial charge on any atom is -0.493 e. The molecule has 2 unspecified atom stereocenters. The van der Waals surface area contributed by atoms with Gasteiger partial charge in [-0.1, -0.05) is 19.1 Å². The van der Waals surface area contributed by atoms with Crippen LogP contribution in [0.3, 0.4) is 0 Å². The molecule has 3 heteroatoms. The zero-order valence-corrected chi connectivity index (χ0v) is 12.3. The molecular formula is C17H21FO2. The highest BCUT2D eigenvalue weighted by Crippen LogP contribution is 2.28. The second kappa shape index (κ2) is 6.21. The highest BCUT2D eigenvalue weighted by Gasteiger charge is 2.20. The molecule has 0 fully saturated rings. The van der Waals surface area contributed by atoms with Crippen LogP contribution in [0.1, 0.15) is 42.6 Å². The van der Waals surface area contributed by atoms with Crippen LogP contribution < -0.4 is 4.74 Å². The molecule has 20 heavy (non-hydrogen) atoms. The third kappa shape index (κ3) is 3.27. The molecule has 0 saturated heterocycles. The Balaban J connectivity index is 2.14. The molecule has 0 bridgehead atoms. The van der Waals surface area contributed by atoms with Crippen molar-refractivity contribution in [2.45, 2.75) is 33.6 Å². The van der Waals surface area contributed by atoms with Crippen LogP contribution in [-0.2, 0) is 0 Å². The summed E-state index contributed by atoms with van der Waals surface area (Å²) in [5.41, 5.74) is 0.827. The van der Waals surface area contributed by atoms with Gasteiger partial charge in [0.05, 0.1) is 12.2 Å². The normalized spacial score (nSPS) is 21.8. The van der Waals surface area contributed by atoms with E-state index in [4.69, 9.17) is 4.74 Å². The molecule has 0 aliphatic heterocycles. The molecular weight excluding hydrogens is 255 g/mol. The van der Waals surface area contributed by atoms with Crippen LogP contribution in [0, 0.1) is 24.6 Å². The summed E-state index contributed by atoms with van der Waals surface area (Å²) in [5.74, 6) is 0.984. The number of hydrogen-bond donors (Lipinski definition) is 0. The van der Waals surface area contributed by atoms with Gasteiger partial charge in [-0.3, -0.25) is 4.79 Å². The second-order valence-corrected chi connectivity index (χ2v) is 5.64. The third-order valence-electron chi connectivity index (χ3n) is 4.01. The van der Waals surface area contributed by atoms with E-state index in [0.717, 1.165) is 12.8 Å². The largest absolute Gasteiger partial charge is 0.493 e. The van der Waals surface area contributed by atoms with Gasteiger partial charge in [-0.15, -0.1) is 0 Å². The first-order valence-corrected chi connectivity index (χ1v) is 7.08. The molecule has 0 N–H and O–H groups in total. The lowest BCUT2D eigenvalue weighted by molar-refractivity contribution is 0.101. The lowest BCUT2D eigenvalue weighted by Gasteiger charge is -2.25. The Morgan fingerprint density at radius 2 is 2.05 bits per heavy atom. The standard InChI is InChI=1S/C17H21FO2/c1-11-6-4-5-7-14(11)10-20-17-8-12(2)16(18)9-15(17)13(3)19/h4-5,8-9,11,14H,6-7,10H2,1-3H3. The monoisotopic (exact) mass is 276 g/mol. The number of ketones is 1. The molecule has 0 saturated carbocycles. The number of carbonyl (C=O) groups excluding carboxylic acids is 1. The predicted molar refractivity (Wildman–Crippen MR) is 77.7 cm³/mol. The number of Topliss-reactive ketones (excluding diaryl/α,β-unsaturated/α-hetero) is 1. The van der Waals surface area contributed by atoms with E-state index in [9.17, 15) is 9.18 Å². The summed E-state index contributed by atoms with van der Waals surface area (Å²) in [6.45, 7) is 5.89. The Kier molecular flexibility index (Phi) is 4.58. The summed E-state index contributed by atoms with van der Waals surface area (Å²) in [6.07, 6.45) is 6.44. The maximum atomic E-state index is 13.6. The highest BCUT2D eigenvalue weighted by atomic mass is 19.1. The van der Waals surface area contributed by atoms with Crippen LogP contribution in [0.5, 0.6) is 5.75 Å². The zero-order chi connectivity index (χ0) is 14.7. The second-order valence-electron chi connectivity index (χ2n) is 5.64. The summed E-state index contributed by atoms with van der Waals surface area (Å²) < 4.78 is 19.4. The molecule has 0 heterocycles. The zero-order valence-electron chi connectivity index (χ0n) is 12.3. The Bertz CT molecular complexity index is 534. The summed E-state index contributed by atoms with van der Waals surface area (Å²) in [7, 11) is 0. The molecule has 0 radical (unpaired) electrons. The fourth-order valence-corrected chi connectivity index (χ4v) is 2.49. The summed E-state index contributed by atoms with van der Waals surface area (Å²) in [5, 5.41) is 0. The van der Waals surface area contributed by atoms with Crippen molar-refractivity contribution >= 4 is 5.78 Å². The van der Waals surface area contributed by atoms with Crippen LogP contribution in [-0.4, -0.2) is 12.4 Å². The van der Waals surface area contributed by atoms with Gasteiger partial charge in [-0.25, -0.2) is 4.39 Å². The van der Waals surface area contributed by atoms with Gasteiger partial charge in [0.15, 0.2) is 5.78 Å².